The smallest absolute Gasteiger partial charge is 0.146 e. The van der Waals surface area contributed by atoms with E-state index >= 15 is 0 Å². The van der Waals surface area contributed by atoms with Gasteiger partial charge in [-0.1, -0.05) is 18.2 Å². The van der Waals surface area contributed by atoms with Crippen LogP contribution in [0.2, 0.25) is 0 Å². The highest BCUT2D eigenvalue weighted by atomic mass is 16.5. The fourth-order valence-corrected chi connectivity index (χ4v) is 2.78. The Kier molecular flexibility index (Phi) is 4.91. The first-order valence-electron chi connectivity index (χ1n) is 7.99. The molecule has 3 aromatic rings. The lowest BCUT2D eigenvalue weighted by Crippen LogP contribution is -2.07. The van der Waals surface area contributed by atoms with Crippen LogP contribution in [0, 0.1) is 13.8 Å². The van der Waals surface area contributed by atoms with Crippen molar-refractivity contribution in [3.8, 4) is 0 Å². The molecule has 0 bridgehead atoms. The Balaban J connectivity index is 1.73. The van der Waals surface area contributed by atoms with Gasteiger partial charge < -0.3 is 9.30 Å². The molecule has 0 radical (unpaired) electrons. The number of fused-ring (bicyclic) bond motifs is 1. The van der Waals surface area contributed by atoms with Crippen LogP contribution in [-0.4, -0.2) is 29.5 Å². The van der Waals surface area contributed by atoms with Crippen molar-refractivity contribution >= 4 is 22.9 Å². The largest absolute Gasteiger partial charge is 0.383 e. The highest BCUT2D eigenvalue weighted by Gasteiger charge is 2.07. The Hall–Kier alpha value is -2.66. The third-order valence-electron chi connectivity index (χ3n) is 4.11. The zero-order valence-electron chi connectivity index (χ0n) is 14.3. The molecule has 5 heteroatoms. The molecule has 0 aliphatic rings. The third-order valence-corrected chi connectivity index (χ3v) is 4.11. The van der Waals surface area contributed by atoms with E-state index in [0.717, 1.165) is 28.8 Å². The number of ether oxygens (including phenoxy) is 1. The molecule has 0 unspecified atom stereocenters. The number of anilines is 1. The molecule has 0 aliphatic heterocycles. The van der Waals surface area contributed by atoms with Crippen LogP contribution in [0.4, 0.5) is 5.82 Å². The second-order valence-electron chi connectivity index (χ2n) is 5.73. The first-order valence-corrected chi connectivity index (χ1v) is 7.99. The van der Waals surface area contributed by atoms with Gasteiger partial charge >= 0.3 is 0 Å². The molecule has 5 nitrogen and oxygen atoms in total. The summed E-state index contributed by atoms with van der Waals surface area (Å²) >= 11 is 0. The van der Waals surface area contributed by atoms with Crippen molar-refractivity contribution in [2.24, 2.45) is 5.10 Å². The maximum absolute atomic E-state index is 5.16. The topological polar surface area (TPSA) is 51.4 Å². The van der Waals surface area contributed by atoms with Crippen molar-refractivity contribution in [2.75, 3.05) is 19.1 Å². The number of pyridine rings is 1. The van der Waals surface area contributed by atoms with Crippen LogP contribution in [0.5, 0.6) is 0 Å². The van der Waals surface area contributed by atoms with Gasteiger partial charge in [0.2, 0.25) is 0 Å². The minimum atomic E-state index is 0.701. The number of nitrogens with zero attached hydrogens (tertiary/aromatic N) is 3. The molecule has 0 atom stereocenters. The van der Waals surface area contributed by atoms with E-state index in [9.17, 15) is 0 Å². The Labute approximate surface area is 142 Å². The van der Waals surface area contributed by atoms with E-state index in [-0.39, 0.29) is 0 Å². The molecule has 2 aromatic heterocycles. The molecule has 1 N–H and O–H groups in total. The average Bonchev–Trinajstić information content (AvgIpc) is 2.86. The van der Waals surface area contributed by atoms with E-state index in [1.807, 2.05) is 42.6 Å². The molecule has 0 fully saturated rings. The zero-order valence-corrected chi connectivity index (χ0v) is 14.3. The number of aromatic nitrogens is 2. The minimum absolute atomic E-state index is 0.701. The SMILES string of the molecule is COCCn1c(C)cc(/C=N/Nc2ccc3ccccc3n2)c1C. The van der Waals surface area contributed by atoms with Crippen LogP contribution in [0.15, 0.2) is 47.6 Å². The van der Waals surface area contributed by atoms with Gasteiger partial charge in [0.05, 0.1) is 18.3 Å². The molecule has 0 saturated heterocycles. The van der Waals surface area contributed by atoms with Gasteiger partial charge in [-0.3, -0.25) is 5.43 Å². The van der Waals surface area contributed by atoms with Crippen LogP contribution < -0.4 is 5.43 Å². The minimum Gasteiger partial charge on any atom is -0.383 e. The molecular weight excluding hydrogens is 300 g/mol. The van der Waals surface area contributed by atoms with E-state index in [4.69, 9.17) is 4.74 Å². The number of nitrogens with one attached hydrogen (secondary N) is 1. The molecule has 124 valence electrons. The van der Waals surface area contributed by atoms with Gasteiger partial charge in [0.25, 0.3) is 0 Å². The molecule has 0 spiro atoms. The van der Waals surface area contributed by atoms with E-state index in [2.05, 4.69) is 40.0 Å². The molecule has 0 saturated carbocycles. The molecule has 0 amide bonds. The number of aryl methyl sites for hydroxylation is 1. The van der Waals surface area contributed by atoms with Crippen LogP contribution in [-0.2, 0) is 11.3 Å². The van der Waals surface area contributed by atoms with Crippen molar-refractivity contribution in [1.29, 1.82) is 0 Å². The van der Waals surface area contributed by atoms with Gasteiger partial charge in [0, 0.05) is 36.0 Å². The lowest BCUT2D eigenvalue weighted by Gasteiger charge is -2.08. The van der Waals surface area contributed by atoms with Crippen molar-refractivity contribution in [3.63, 3.8) is 0 Å². The van der Waals surface area contributed by atoms with Gasteiger partial charge in [-0.05, 0) is 38.1 Å². The Morgan fingerprint density at radius 1 is 1.21 bits per heavy atom. The Morgan fingerprint density at radius 2 is 2.04 bits per heavy atom. The number of hydrogen-bond donors (Lipinski definition) is 1. The Morgan fingerprint density at radius 3 is 2.88 bits per heavy atom. The summed E-state index contributed by atoms with van der Waals surface area (Å²) in [7, 11) is 1.72. The van der Waals surface area contributed by atoms with Gasteiger partial charge in [0.1, 0.15) is 5.82 Å². The summed E-state index contributed by atoms with van der Waals surface area (Å²) < 4.78 is 7.40. The molecule has 0 aliphatic carbocycles. The number of benzene rings is 1. The average molecular weight is 322 g/mol. The van der Waals surface area contributed by atoms with Gasteiger partial charge in [0.15, 0.2) is 0 Å². The summed E-state index contributed by atoms with van der Waals surface area (Å²) in [6.45, 7) is 5.74. The highest BCUT2D eigenvalue weighted by molar-refractivity contribution is 5.83. The summed E-state index contributed by atoms with van der Waals surface area (Å²) in [5, 5.41) is 5.45. The van der Waals surface area contributed by atoms with Crippen LogP contribution in [0.25, 0.3) is 10.9 Å². The second kappa shape index (κ2) is 7.27. The number of hydrazone groups is 1. The number of rotatable bonds is 6. The van der Waals surface area contributed by atoms with Crippen molar-refractivity contribution in [2.45, 2.75) is 20.4 Å². The monoisotopic (exact) mass is 322 g/mol. The molecule has 3 rings (SSSR count). The lowest BCUT2D eigenvalue weighted by molar-refractivity contribution is 0.186. The Bertz CT molecular complexity index is 867. The zero-order chi connectivity index (χ0) is 16.9. The maximum Gasteiger partial charge on any atom is 0.146 e. The quantitative estimate of drug-likeness (QED) is 0.555. The lowest BCUT2D eigenvalue weighted by atomic mass is 10.2. The van der Waals surface area contributed by atoms with E-state index in [1.54, 1.807) is 7.11 Å². The predicted molar refractivity (Wildman–Crippen MR) is 98.7 cm³/mol. The summed E-state index contributed by atoms with van der Waals surface area (Å²) in [6, 6.07) is 14.1. The predicted octanol–water partition coefficient (Wildman–Crippen LogP) is 3.75. The highest BCUT2D eigenvalue weighted by Crippen LogP contribution is 2.15. The van der Waals surface area contributed by atoms with Crippen molar-refractivity contribution < 1.29 is 4.74 Å². The summed E-state index contributed by atoms with van der Waals surface area (Å²) in [5.41, 5.74) is 7.44. The molecular formula is C19H22N4O. The normalized spacial score (nSPS) is 11.5. The van der Waals surface area contributed by atoms with Crippen molar-refractivity contribution in [1.82, 2.24) is 9.55 Å². The van der Waals surface area contributed by atoms with Gasteiger partial charge in [-0.25, -0.2) is 4.98 Å². The number of hydrogen-bond acceptors (Lipinski definition) is 4. The van der Waals surface area contributed by atoms with Crippen LogP contribution >= 0.6 is 0 Å². The molecule has 24 heavy (non-hydrogen) atoms. The van der Waals surface area contributed by atoms with E-state index < -0.39 is 0 Å². The summed E-state index contributed by atoms with van der Waals surface area (Å²) in [5.74, 6) is 0.734. The maximum atomic E-state index is 5.16. The van der Waals surface area contributed by atoms with E-state index in [1.165, 1.54) is 11.4 Å². The fraction of sp³-hybridized carbons (Fsp3) is 0.263. The number of methoxy groups -OCH3 is 1. The fourth-order valence-electron chi connectivity index (χ4n) is 2.78. The van der Waals surface area contributed by atoms with Crippen molar-refractivity contribution in [3.05, 3.63) is 59.4 Å². The first-order chi connectivity index (χ1) is 11.7. The number of para-hydroxylation sites is 1. The van der Waals surface area contributed by atoms with E-state index in [0.29, 0.717) is 6.61 Å². The standard InChI is InChI=1S/C19H22N4O/c1-14-12-17(15(2)23(14)10-11-24-3)13-20-22-19-9-8-16-6-4-5-7-18(16)21-19/h4-9,12-13H,10-11H2,1-3H3,(H,21,22)/b20-13+. The second-order valence-corrected chi connectivity index (χ2v) is 5.73. The van der Waals surface area contributed by atoms with Gasteiger partial charge in [-0.2, -0.15) is 5.10 Å². The van der Waals surface area contributed by atoms with Crippen LogP contribution in [0.1, 0.15) is 17.0 Å². The third kappa shape index (κ3) is 3.46. The summed E-state index contributed by atoms with van der Waals surface area (Å²) in [6.07, 6.45) is 1.84. The van der Waals surface area contributed by atoms with Crippen LogP contribution in [0.3, 0.4) is 0 Å². The molecule has 2 heterocycles. The molecule has 1 aromatic carbocycles. The van der Waals surface area contributed by atoms with Gasteiger partial charge in [-0.15, -0.1) is 0 Å². The summed E-state index contributed by atoms with van der Waals surface area (Å²) in [4.78, 5) is 4.55. The first kappa shape index (κ1) is 16.2.